The molecule has 0 amide bonds. The number of nitrogens with zero attached hydrogens (tertiary/aromatic N) is 1. The molecule has 3 nitrogen and oxygen atoms in total. The van der Waals surface area contributed by atoms with Gasteiger partial charge in [0.15, 0.2) is 0 Å². The molecule has 1 aromatic carbocycles. The molecule has 0 radical (unpaired) electrons. The second-order valence-corrected chi connectivity index (χ2v) is 5.75. The van der Waals surface area contributed by atoms with Gasteiger partial charge in [0.25, 0.3) is 0 Å². The minimum absolute atomic E-state index is 0.741. The molecule has 4 heteroatoms. The standard InChI is InChI=1S/C16H22N2OS/c1-2-18(13-16-5-3-12-20-16)10-4-11-19-15-8-6-14(17)7-9-15/h3,5-9,12H,2,4,10-11,13,17H2,1H3. The lowest BCUT2D eigenvalue weighted by Crippen LogP contribution is -2.24. The van der Waals surface area contributed by atoms with Crippen LogP contribution in [0.25, 0.3) is 0 Å². The van der Waals surface area contributed by atoms with Gasteiger partial charge in [0, 0.05) is 23.7 Å². The van der Waals surface area contributed by atoms with Gasteiger partial charge in [0.05, 0.1) is 6.61 Å². The van der Waals surface area contributed by atoms with Crippen molar-refractivity contribution in [1.82, 2.24) is 4.90 Å². The van der Waals surface area contributed by atoms with E-state index in [-0.39, 0.29) is 0 Å². The Morgan fingerprint density at radius 3 is 2.65 bits per heavy atom. The maximum absolute atomic E-state index is 5.71. The van der Waals surface area contributed by atoms with Crippen LogP contribution in [0, 0.1) is 0 Å². The Morgan fingerprint density at radius 2 is 2.00 bits per heavy atom. The van der Waals surface area contributed by atoms with Crippen LogP contribution in [0.4, 0.5) is 5.69 Å². The third-order valence-electron chi connectivity index (χ3n) is 3.17. The summed E-state index contributed by atoms with van der Waals surface area (Å²) >= 11 is 1.82. The summed E-state index contributed by atoms with van der Waals surface area (Å²) in [6.07, 6.45) is 1.03. The number of ether oxygens (including phenoxy) is 1. The van der Waals surface area contributed by atoms with E-state index in [2.05, 4.69) is 29.3 Å². The molecule has 1 heterocycles. The van der Waals surface area contributed by atoms with Crippen LogP contribution < -0.4 is 10.5 Å². The van der Waals surface area contributed by atoms with E-state index in [1.807, 2.05) is 35.6 Å². The molecule has 0 saturated heterocycles. The van der Waals surface area contributed by atoms with Crippen molar-refractivity contribution in [1.29, 1.82) is 0 Å². The summed E-state index contributed by atoms with van der Waals surface area (Å²) in [6.45, 7) is 6.11. The van der Waals surface area contributed by atoms with E-state index in [1.165, 1.54) is 4.88 Å². The molecule has 2 aromatic rings. The summed E-state index contributed by atoms with van der Waals surface area (Å²) in [6, 6.07) is 11.9. The molecule has 0 fully saturated rings. The molecule has 2 rings (SSSR count). The number of nitrogen functional groups attached to an aromatic ring is 1. The molecule has 20 heavy (non-hydrogen) atoms. The maximum Gasteiger partial charge on any atom is 0.119 e. The summed E-state index contributed by atoms with van der Waals surface area (Å²) in [5.41, 5.74) is 6.41. The lowest BCUT2D eigenvalue weighted by Gasteiger charge is -2.19. The molecule has 0 aliphatic carbocycles. The van der Waals surface area contributed by atoms with E-state index in [0.29, 0.717) is 0 Å². The Labute approximate surface area is 125 Å². The van der Waals surface area contributed by atoms with E-state index in [1.54, 1.807) is 0 Å². The van der Waals surface area contributed by atoms with Gasteiger partial charge in [-0.25, -0.2) is 0 Å². The van der Waals surface area contributed by atoms with Crippen molar-refractivity contribution in [2.75, 3.05) is 25.4 Å². The third kappa shape index (κ3) is 4.87. The molecular weight excluding hydrogens is 268 g/mol. The Morgan fingerprint density at radius 1 is 1.20 bits per heavy atom. The molecule has 108 valence electrons. The zero-order valence-corrected chi connectivity index (χ0v) is 12.7. The van der Waals surface area contributed by atoms with Crippen LogP contribution in [0.15, 0.2) is 41.8 Å². The first-order valence-electron chi connectivity index (χ1n) is 7.01. The van der Waals surface area contributed by atoms with Gasteiger partial charge >= 0.3 is 0 Å². The highest BCUT2D eigenvalue weighted by molar-refractivity contribution is 7.09. The average molecular weight is 290 g/mol. The van der Waals surface area contributed by atoms with E-state index < -0.39 is 0 Å². The van der Waals surface area contributed by atoms with Gasteiger partial charge < -0.3 is 10.5 Å². The summed E-state index contributed by atoms with van der Waals surface area (Å²) in [5.74, 6) is 0.889. The molecule has 0 unspecified atom stereocenters. The van der Waals surface area contributed by atoms with Crippen molar-refractivity contribution in [2.24, 2.45) is 0 Å². The number of anilines is 1. The minimum Gasteiger partial charge on any atom is -0.494 e. The third-order valence-corrected chi connectivity index (χ3v) is 4.04. The zero-order chi connectivity index (χ0) is 14.2. The highest BCUT2D eigenvalue weighted by atomic mass is 32.1. The molecule has 0 bridgehead atoms. The van der Waals surface area contributed by atoms with Crippen LogP contribution in [-0.4, -0.2) is 24.6 Å². The predicted molar refractivity (Wildman–Crippen MR) is 86.2 cm³/mol. The van der Waals surface area contributed by atoms with Crippen LogP contribution >= 0.6 is 11.3 Å². The smallest absolute Gasteiger partial charge is 0.119 e. The fourth-order valence-electron chi connectivity index (χ4n) is 2.01. The maximum atomic E-state index is 5.71. The first-order valence-corrected chi connectivity index (χ1v) is 7.89. The fraction of sp³-hybridized carbons (Fsp3) is 0.375. The molecule has 2 N–H and O–H groups in total. The monoisotopic (exact) mass is 290 g/mol. The van der Waals surface area contributed by atoms with Crippen LogP contribution in [0.1, 0.15) is 18.2 Å². The van der Waals surface area contributed by atoms with Gasteiger partial charge in [-0.05, 0) is 48.7 Å². The zero-order valence-electron chi connectivity index (χ0n) is 11.9. The van der Waals surface area contributed by atoms with Gasteiger partial charge in [-0.15, -0.1) is 11.3 Å². The molecule has 0 atom stereocenters. The Hall–Kier alpha value is -1.52. The average Bonchev–Trinajstić information content (AvgIpc) is 2.97. The van der Waals surface area contributed by atoms with E-state index >= 15 is 0 Å². The second kappa shape index (κ2) is 7.92. The lowest BCUT2D eigenvalue weighted by atomic mass is 10.3. The summed E-state index contributed by atoms with van der Waals surface area (Å²) in [7, 11) is 0. The van der Waals surface area contributed by atoms with Crippen LogP contribution in [0.2, 0.25) is 0 Å². The highest BCUT2D eigenvalue weighted by Gasteiger charge is 2.04. The normalized spacial score (nSPS) is 10.9. The molecule has 0 saturated carbocycles. The van der Waals surface area contributed by atoms with Crippen molar-refractivity contribution in [3.05, 3.63) is 46.7 Å². The van der Waals surface area contributed by atoms with Crippen molar-refractivity contribution < 1.29 is 4.74 Å². The van der Waals surface area contributed by atoms with Crippen molar-refractivity contribution >= 4 is 17.0 Å². The SMILES string of the molecule is CCN(CCCOc1ccc(N)cc1)Cc1cccs1. The van der Waals surface area contributed by atoms with E-state index in [4.69, 9.17) is 10.5 Å². The Kier molecular flexibility index (Phi) is 5.89. The first-order chi connectivity index (χ1) is 9.78. The van der Waals surface area contributed by atoms with E-state index in [9.17, 15) is 0 Å². The number of rotatable bonds is 8. The number of thiophene rings is 1. The molecule has 0 aliphatic rings. The number of nitrogens with two attached hydrogens (primary N) is 1. The first kappa shape index (κ1) is 14.9. The van der Waals surface area contributed by atoms with Crippen molar-refractivity contribution in [3.8, 4) is 5.75 Å². The van der Waals surface area contributed by atoms with E-state index in [0.717, 1.165) is 44.1 Å². The number of benzene rings is 1. The summed E-state index contributed by atoms with van der Waals surface area (Å²) in [4.78, 5) is 3.87. The molecule has 0 aliphatic heterocycles. The minimum atomic E-state index is 0.741. The largest absolute Gasteiger partial charge is 0.494 e. The predicted octanol–water partition coefficient (Wildman–Crippen LogP) is 3.62. The van der Waals surface area contributed by atoms with Gasteiger partial charge in [0.1, 0.15) is 5.75 Å². The van der Waals surface area contributed by atoms with Crippen molar-refractivity contribution in [3.63, 3.8) is 0 Å². The van der Waals surface area contributed by atoms with Gasteiger partial charge in [0.2, 0.25) is 0 Å². The van der Waals surface area contributed by atoms with Gasteiger partial charge in [-0.3, -0.25) is 4.90 Å². The highest BCUT2D eigenvalue weighted by Crippen LogP contribution is 2.14. The van der Waals surface area contributed by atoms with Crippen LogP contribution in [-0.2, 0) is 6.54 Å². The fourth-order valence-corrected chi connectivity index (χ4v) is 2.76. The molecule has 1 aromatic heterocycles. The number of hydrogen-bond acceptors (Lipinski definition) is 4. The van der Waals surface area contributed by atoms with Crippen LogP contribution in [0.5, 0.6) is 5.75 Å². The van der Waals surface area contributed by atoms with Crippen LogP contribution in [0.3, 0.4) is 0 Å². The van der Waals surface area contributed by atoms with Gasteiger partial charge in [-0.1, -0.05) is 13.0 Å². The Balaban J connectivity index is 1.67. The topological polar surface area (TPSA) is 38.5 Å². The summed E-state index contributed by atoms with van der Waals surface area (Å²) in [5, 5.41) is 2.13. The summed E-state index contributed by atoms with van der Waals surface area (Å²) < 4.78 is 5.71. The van der Waals surface area contributed by atoms with Crippen molar-refractivity contribution in [2.45, 2.75) is 19.9 Å². The lowest BCUT2D eigenvalue weighted by molar-refractivity contribution is 0.237. The Bertz CT molecular complexity index is 482. The quantitative estimate of drug-likeness (QED) is 0.596. The number of hydrogen-bond donors (Lipinski definition) is 1. The van der Waals surface area contributed by atoms with Gasteiger partial charge in [-0.2, -0.15) is 0 Å². The molecule has 0 spiro atoms. The second-order valence-electron chi connectivity index (χ2n) is 4.72. The molecular formula is C16H22N2OS.